The van der Waals surface area contributed by atoms with Crippen LogP contribution in [0.5, 0.6) is 5.88 Å². The summed E-state index contributed by atoms with van der Waals surface area (Å²) in [5.41, 5.74) is 0.804. The fraction of sp³-hybridized carbons (Fsp3) is 0.100. The first-order valence-corrected chi connectivity index (χ1v) is 6.28. The summed E-state index contributed by atoms with van der Waals surface area (Å²) in [7, 11) is -3.57. The molecule has 0 atom stereocenters. The molecule has 0 N–H and O–H groups in total. The summed E-state index contributed by atoms with van der Waals surface area (Å²) in [4.78, 5) is 0. The van der Waals surface area contributed by atoms with E-state index < -0.39 is 10.1 Å². The van der Waals surface area contributed by atoms with Gasteiger partial charge in [-0.3, -0.25) is 0 Å². The highest BCUT2D eigenvalue weighted by Crippen LogP contribution is 2.23. The van der Waals surface area contributed by atoms with Crippen molar-refractivity contribution in [1.29, 1.82) is 0 Å². The molecule has 0 saturated heterocycles. The molecular formula is C10H9NO4S. The van der Waals surface area contributed by atoms with Gasteiger partial charge in [-0.15, -0.1) is 0 Å². The summed E-state index contributed by atoms with van der Waals surface area (Å²) in [5.74, 6) is 0.389. The number of rotatable bonds is 3. The Balaban J connectivity index is 2.27. The highest BCUT2D eigenvalue weighted by Gasteiger charge is 2.11. The van der Waals surface area contributed by atoms with Gasteiger partial charge in [0, 0.05) is 5.56 Å². The first-order valence-electron chi connectivity index (χ1n) is 4.46. The summed E-state index contributed by atoms with van der Waals surface area (Å²) in [5, 5.41) is 3.50. The van der Waals surface area contributed by atoms with E-state index >= 15 is 0 Å². The van der Waals surface area contributed by atoms with Crippen molar-refractivity contribution < 1.29 is 17.1 Å². The molecule has 1 heterocycles. The molecule has 0 aliphatic rings. The Morgan fingerprint density at radius 3 is 2.56 bits per heavy atom. The van der Waals surface area contributed by atoms with Gasteiger partial charge in [-0.1, -0.05) is 30.3 Å². The number of hydrogen-bond donors (Lipinski definition) is 0. The molecule has 0 fully saturated rings. The largest absolute Gasteiger partial charge is 0.358 e. The molecular weight excluding hydrogens is 230 g/mol. The average Bonchev–Trinajstić information content (AvgIpc) is 2.65. The second kappa shape index (κ2) is 3.97. The van der Waals surface area contributed by atoms with Gasteiger partial charge in [-0.2, -0.15) is 8.42 Å². The van der Waals surface area contributed by atoms with Crippen molar-refractivity contribution >= 4 is 10.1 Å². The number of aromatic nitrogens is 1. The second-order valence-electron chi connectivity index (χ2n) is 3.18. The topological polar surface area (TPSA) is 69.4 Å². The molecule has 0 saturated carbocycles. The Bertz CT molecular complexity index is 574. The molecule has 1 aromatic carbocycles. The minimum atomic E-state index is -3.57. The zero-order valence-electron chi connectivity index (χ0n) is 8.45. The Labute approximate surface area is 92.8 Å². The van der Waals surface area contributed by atoms with Crippen molar-refractivity contribution in [2.24, 2.45) is 0 Å². The molecule has 1 aromatic heterocycles. The lowest BCUT2D eigenvalue weighted by molar-refractivity contribution is 0.392. The molecule has 16 heavy (non-hydrogen) atoms. The van der Waals surface area contributed by atoms with Gasteiger partial charge in [0.25, 0.3) is 5.88 Å². The minimum absolute atomic E-state index is 0.0682. The predicted molar refractivity (Wildman–Crippen MR) is 57.4 cm³/mol. The third-order valence-corrected chi connectivity index (χ3v) is 2.26. The zero-order valence-corrected chi connectivity index (χ0v) is 9.27. The third-order valence-electron chi connectivity index (χ3n) is 1.78. The molecule has 2 aromatic rings. The van der Waals surface area contributed by atoms with Gasteiger partial charge in [0.05, 0.1) is 12.3 Å². The van der Waals surface area contributed by atoms with Crippen LogP contribution in [0.4, 0.5) is 0 Å². The van der Waals surface area contributed by atoms with E-state index in [1.165, 1.54) is 6.07 Å². The van der Waals surface area contributed by atoms with Crippen LogP contribution in [0.25, 0.3) is 11.3 Å². The van der Waals surface area contributed by atoms with Crippen LogP contribution in [-0.2, 0) is 10.1 Å². The monoisotopic (exact) mass is 239 g/mol. The minimum Gasteiger partial charge on any atom is -0.358 e. The van der Waals surface area contributed by atoms with Gasteiger partial charge in [0.1, 0.15) is 0 Å². The molecule has 0 bridgehead atoms. The molecule has 0 unspecified atom stereocenters. The third kappa shape index (κ3) is 2.60. The van der Waals surface area contributed by atoms with E-state index in [2.05, 4.69) is 9.34 Å². The molecule has 0 amide bonds. The van der Waals surface area contributed by atoms with E-state index in [-0.39, 0.29) is 5.88 Å². The smallest absolute Gasteiger partial charge is 0.307 e. The summed E-state index contributed by atoms with van der Waals surface area (Å²) in [6, 6.07) is 10.6. The number of hydrogen-bond acceptors (Lipinski definition) is 5. The standard InChI is InChI=1S/C10H9NO4S/c1-16(12,13)15-10-7-9(14-11-10)8-5-3-2-4-6-8/h2-7H,1H3. The lowest BCUT2D eigenvalue weighted by Crippen LogP contribution is -2.05. The molecule has 2 rings (SSSR count). The lowest BCUT2D eigenvalue weighted by atomic mass is 10.2. The van der Waals surface area contributed by atoms with Crippen LogP contribution < -0.4 is 4.18 Å². The van der Waals surface area contributed by atoms with Crippen molar-refractivity contribution in [3.8, 4) is 17.2 Å². The number of benzene rings is 1. The lowest BCUT2D eigenvalue weighted by Gasteiger charge is -1.94. The molecule has 0 aliphatic heterocycles. The first-order chi connectivity index (χ1) is 7.54. The maximum Gasteiger partial charge on any atom is 0.307 e. The SMILES string of the molecule is CS(=O)(=O)Oc1cc(-c2ccccc2)on1. The van der Waals surface area contributed by atoms with Crippen LogP contribution in [0.15, 0.2) is 40.9 Å². The average molecular weight is 239 g/mol. The Kier molecular flexibility index (Phi) is 2.66. The van der Waals surface area contributed by atoms with Gasteiger partial charge < -0.3 is 8.71 Å². The summed E-state index contributed by atoms with van der Waals surface area (Å²) in [6.07, 6.45) is 0.948. The highest BCUT2D eigenvalue weighted by atomic mass is 32.2. The fourth-order valence-electron chi connectivity index (χ4n) is 1.19. The first kappa shape index (κ1) is 10.7. The molecule has 5 nitrogen and oxygen atoms in total. The Morgan fingerprint density at radius 2 is 1.94 bits per heavy atom. The van der Waals surface area contributed by atoms with Crippen molar-refractivity contribution in [3.05, 3.63) is 36.4 Å². The van der Waals surface area contributed by atoms with Crippen molar-refractivity contribution in [2.75, 3.05) is 6.26 Å². The zero-order chi connectivity index (χ0) is 11.6. The van der Waals surface area contributed by atoms with Crippen LogP contribution in [0, 0.1) is 0 Å². The molecule has 0 aliphatic carbocycles. The van der Waals surface area contributed by atoms with Crippen molar-refractivity contribution in [1.82, 2.24) is 5.16 Å². The molecule has 84 valence electrons. The van der Waals surface area contributed by atoms with E-state index in [0.29, 0.717) is 5.76 Å². The number of nitrogens with zero attached hydrogens (tertiary/aromatic N) is 1. The predicted octanol–water partition coefficient (Wildman–Crippen LogP) is 1.68. The summed E-state index contributed by atoms with van der Waals surface area (Å²) in [6.45, 7) is 0. The fourth-order valence-corrected chi connectivity index (χ4v) is 1.58. The summed E-state index contributed by atoms with van der Waals surface area (Å²) >= 11 is 0. The van der Waals surface area contributed by atoms with Crippen LogP contribution in [0.3, 0.4) is 0 Å². The Morgan fingerprint density at radius 1 is 1.25 bits per heavy atom. The molecule has 6 heteroatoms. The van der Waals surface area contributed by atoms with E-state index in [1.807, 2.05) is 30.3 Å². The summed E-state index contributed by atoms with van der Waals surface area (Å²) < 4.78 is 31.2. The normalized spacial score (nSPS) is 11.3. The molecule has 0 spiro atoms. The quantitative estimate of drug-likeness (QED) is 0.762. The van der Waals surface area contributed by atoms with Crippen LogP contribution >= 0.6 is 0 Å². The Hall–Kier alpha value is -1.82. The van der Waals surface area contributed by atoms with Gasteiger partial charge in [-0.25, -0.2) is 0 Å². The maximum absolute atomic E-state index is 10.8. The van der Waals surface area contributed by atoms with Crippen LogP contribution in [0.1, 0.15) is 0 Å². The highest BCUT2D eigenvalue weighted by molar-refractivity contribution is 7.86. The van der Waals surface area contributed by atoms with Gasteiger partial charge in [0.15, 0.2) is 5.76 Å². The van der Waals surface area contributed by atoms with Crippen LogP contribution in [-0.4, -0.2) is 19.8 Å². The van der Waals surface area contributed by atoms with Crippen molar-refractivity contribution in [2.45, 2.75) is 0 Å². The van der Waals surface area contributed by atoms with Gasteiger partial charge in [-0.05, 0) is 5.16 Å². The van der Waals surface area contributed by atoms with E-state index in [0.717, 1.165) is 11.8 Å². The second-order valence-corrected chi connectivity index (χ2v) is 4.76. The van der Waals surface area contributed by atoms with E-state index in [4.69, 9.17) is 4.52 Å². The van der Waals surface area contributed by atoms with Crippen molar-refractivity contribution in [3.63, 3.8) is 0 Å². The maximum atomic E-state index is 10.8. The molecule has 0 radical (unpaired) electrons. The van der Waals surface area contributed by atoms with Crippen LogP contribution in [0.2, 0.25) is 0 Å². The van der Waals surface area contributed by atoms with Gasteiger partial charge in [0.2, 0.25) is 0 Å². The van der Waals surface area contributed by atoms with Gasteiger partial charge >= 0.3 is 10.1 Å². The van der Waals surface area contributed by atoms with E-state index in [9.17, 15) is 8.42 Å². The van der Waals surface area contributed by atoms with E-state index in [1.54, 1.807) is 0 Å².